The molecule has 0 aliphatic carbocycles. The molecule has 98 valence electrons. The average molecular weight is 257 g/mol. The van der Waals surface area contributed by atoms with Gasteiger partial charge in [-0.1, -0.05) is 0 Å². The topological polar surface area (TPSA) is 64.9 Å². The molecule has 0 aliphatic rings. The van der Waals surface area contributed by atoms with Gasteiger partial charge in [-0.2, -0.15) is 5.10 Å². The highest BCUT2D eigenvalue weighted by molar-refractivity contribution is 5.86. The lowest BCUT2D eigenvalue weighted by Gasteiger charge is -2.06. The minimum Gasteiger partial charge on any atom is -0.372 e. The summed E-state index contributed by atoms with van der Waals surface area (Å²) in [6, 6.07) is 0. The number of nitrogens with one attached hydrogen (secondary N) is 1. The molecule has 18 heavy (non-hydrogen) atoms. The first-order valence-electron chi connectivity index (χ1n) is 5.34. The Morgan fingerprint density at radius 3 is 2.89 bits per heavy atom. The zero-order valence-electron chi connectivity index (χ0n) is 10.0. The van der Waals surface area contributed by atoms with E-state index in [0.29, 0.717) is 17.3 Å². The number of rotatable bonds is 5. The molecule has 0 bridgehead atoms. The molecule has 1 N–H and O–H groups in total. The summed E-state index contributed by atoms with van der Waals surface area (Å²) in [6.45, 7) is -0.679. The van der Waals surface area contributed by atoms with Crippen LogP contribution in [0.15, 0.2) is 6.20 Å². The fraction of sp³-hybridized carbons (Fsp3) is 0.500. The molecule has 8 heteroatoms. The normalized spacial score (nSPS) is 11.4. The van der Waals surface area contributed by atoms with Crippen molar-refractivity contribution in [3.05, 3.63) is 12.0 Å². The Kier molecular flexibility index (Phi) is 3.66. The van der Waals surface area contributed by atoms with Crippen molar-refractivity contribution in [2.45, 2.75) is 13.0 Å². The maximum atomic E-state index is 12.0. The van der Waals surface area contributed by atoms with Gasteiger partial charge in [0.15, 0.2) is 11.5 Å². The van der Waals surface area contributed by atoms with Crippen LogP contribution in [0.25, 0.3) is 11.0 Å². The largest absolute Gasteiger partial charge is 0.372 e. The van der Waals surface area contributed by atoms with Crippen molar-refractivity contribution in [1.29, 1.82) is 0 Å². The van der Waals surface area contributed by atoms with Gasteiger partial charge in [0.2, 0.25) is 0 Å². The van der Waals surface area contributed by atoms with Gasteiger partial charge >= 0.3 is 0 Å². The number of hydrogen-bond donors (Lipinski definition) is 1. The van der Waals surface area contributed by atoms with E-state index in [1.807, 2.05) is 0 Å². The van der Waals surface area contributed by atoms with Gasteiger partial charge in [0.25, 0.3) is 6.43 Å². The number of fused-ring (bicyclic) bond motifs is 1. The smallest absolute Gasteiger partial charge is 0.261 e. The Labute approximate surface area is 102 Å². The lowest BCUT2D eigenvalue weighted by Crippen LogP contribution is -2.08. The molecule has 0 fully saturated rings. The second-order valence-electron chi connectivity index (χ2n) is 3.65. The summed E-state index contributed by atoms with van der Waals surface area (Å²) in [5.41, 5.74) is 0.630. The molecule has 2 aromatic rings. The second kappa shape index (κ2) is 5.21. The van der Waals surface area contributed by atoms with Crippen molar-refractivity contribution < 1.29 is 13.5 Å². The third-order valence-electron chi connectivity index (χ3n) is 2.35. The van der Waals surface area contributed by atoms with E-state index >= 15 is 0 Å². The van der Waals surface area contributed by atoms with Crippen molar-refractivity contribution in [2.75, 3.05) is 19.0 Å². The highest BCUT2D eigenvalue weighted by Crippen LogP contribution is 2.19. The Bertz CT molecular complexity index is 542. The lowest BCUT2D eigenvalue weighted by molar-refractivity contribution is 0.00779. The van der Waals surface area contributed by atoms with Crippen LogP contribution in [0.1, 0.15) is 5.82 Å². The fourth-order valence-electron chi connectivity index (χ4n) is 1.56. The monoisotopic (exact) mass is 257 g/mol. The van der Waals surface area contributed by atoms with Crippen LogP contribution in [0, 0.1) is 0 Å². The summed E-state index contributed by atoms with van der Waals surface area (Å²) in [5.74, 6) is 0.944. The molecule has 2 aromatic heterocycles. The van der Waals surface area contributed by atoms with Crippen molar-refractivity contribution >= 4 is 16.9 Å². The SMILES string of the molecule is CNc1nc(COCC(F)F)nc2c1cnn2C. The van der Waals surface area contributed by atoms with Crippen LogP contribution < -0.4 is 5.32 Å². The lowest BCUT2D eigenvalue weighted by atomic mass is 10.4. The first kappa shape index (κ1) is 12.6. The van der Waals surface area contributed by atoms with Gasteiger partial charge in [0.05, 0.1) is 11.6 Å². The van der Waals surface area contributed by atoms with Crippen molar-refractivity contribution in [1.82, 2.24) is 19.7 Å². The summed E-state index contributed by atoms with van der Waals surface area (Å²) in [4.78, 5) is 8.40. The highest BCUT2D eigenvalue weighted by Gasteiger charge is 2.11. The molecule has 0 unspecified atom stereocenters. The van der Waals surface area contributed by atoms with Crippen molar-refractivity contribution in [2.24, 2.45) is 7.05 Å². The highest BCUT2D eigenvalue weighted by atomic mass is 19.3. The summed E-state index contributed by atoms with van der Waals surface area (Å²) < 4.78 is 30.3. The van der Waals surface area contributed by atoms with Gasteiger partial charge < -0.3 is 10.1 Å². The first-order chi connectivity index (χ1) is 8.61. The van der Waals surface area contributed by atoms with Gasteiger partial charge in [-0.3, -0.25) is 4.68 Å². The van der Waals surface area contributed by atoms with Gasteiger partial charge in [-0.05, 0) is 0 Å². The molecule has 0 saturated carbocycles. The molecule has 2 rings (SSSR count). The third-order valence-corrected chi connectivity index (χ3v) is 2.35. The molecule has 0 spiro atoms. The van der Waals surface area contributed by atoms with Crippen LogP contribution in [0.4, 0.5) is 14.6 Å². The molecule has 0 aromatic carbocycles. The van der Waals surface area contributed by atoms with Crippen LogP contribution in [0.2, 0.25) is 0 Å². The molecule has 2 heterocycles. The van der Waals surface area contributed by atoms with Crippen LogP contribution in [-0.4, -0.2) is 39.8 Å². The first-order valence-corrected chi connectivity index (χ1v) is 5.34. The van der Waals surface area contributed by atoms with Crippen molar-refractivity contribution in [3.8, 4) is 0 Å². The number of alkyl halides is 2. The van der Waals surface area contributed by atoms with Gasteiger partial charge in [-0.15, -0.1) is 0 Å². The minimum absolute atomic E-state index is 0.0554. The van der Waals surface area contributed by atoms with E-state index in [1.165, 1.54) is 0 Å². The summed E-state index contributed by atoms with van der Waals surface area (Å²) >= 11 is 0. The Hall–Kier alpha value is -1.83. The van der Waals surface area contributed by atoms with Crippen LogP contribution in [-0.2, 0) is 18.4 Å². The minimum atomic E-state index is -2.49. The molecule has 0 amide bonds. The number of nitrogens with zero attached hydrogens (tertiary/aromatic N) is 4. The van der Waals surface area contributed by atoms with E-state index in [4.69, 9.17) is 4.74 Å². The molecular formula is C10H13F2N5O. The van der Waals surface area contributed by atoms with Gasteiger partial charge in [0, 0.05) is 14.1 Å². The molecule has 0 saturated heterocycles. The van der Waals surface area contributed by atoms with E-state index in [2.05, 4.69) is 20.4 Å². The second-order valence-corrected chi connectivity index (χ2v) is 3.65. The van der Waals surface area contributed by atoms with Crippen LogP contribution in [0.3, 0.4) is 0 Å². The molecule has 6 nitrogen and oxygen atoms in total. The Morgan fingerprint density at radius 2 is 2.22 bits per heavy atom. The number of halogens is 2. The Balaban J connectivity index is 2.25. The van der Waals surface area contributed by atoms with E-state index in [0.717, 1.165) is 5.39 Å². The quantitative estimate of drug-likeness (QED) is 0.871. The zero-order chi connectivity index (χ0) is 13.1. The predicted molar refractivity (Wildman–Crippen MR) is 61.5 cm³/mol. The zero-order valence-corrected chi connectivity index (χ0v) is 10.0. The number of aromatic nitrogens is 4. The number of anilines is 1. The van der Waals surface area contributed by atoms with E-state index in [-0.39, 0.29) is 6.61 Å². The number of aryl methyl sites for hydroxylation is 1. The summed E-state index contributed by atoms with van der Waals surface area (Å²) in [5, 5.41) is 7.76. The van der Waals surface area contributed by atoms with Crippen LogP contribution in [0.5, 0.6) is 0 Å². The van der Waals surface area contributed by atoms with E-state index in [9.17, 15) is 8.78 Å². The molecule has 0 radical (unpaired) electrons. The third kappa shape index (κ3) is 2.53. The number of ether oxygens (including phenoxy) is 1. The van der Waals surface area contributed by atoms with E-state index < -0.39 is 13.0 Å². The molecule has 0 atom stereocenters. The summed E-state index contributed by atoms with van der Waals surface area (Å²) in [7, 11) is 3.47. The van der Waals surface area contributed by atoms with Gasteiger partial charge in [-0.25, -0.2) is 18.7 Å². The maximum Gasteiger partial charge on any atom is 0.261 e. The van der Waals surface area contributed by atoms with E-state index in [1.54, 1.807) is 25.0 Å². The van der Waals surface area contributed by atoms with Crippen molar-refractivity contribution in [3.63, 3.8) is 0 Å². The Morgan fingerprint density at radius 1 is 1.44 bits per heavy atom. The molecule has 0 aliphatic heterocycles. The van der Waals surface area contributed by atoms with Gasteiger partial charge in [0.1, 0.15) is 19.0 Å². The standard InChI is InChI=1S/C10H13F2N5O/c1-13-9-6-3-14-17(2)10(6)16-8(15-9)5-18-4-7(11)12/h3,7H,4-5H2,1-2H3,(H,13,15,16). The molecular weight excluding hydrogens is 244 g/mol. The average Bonchev–Trinajstić information content (AvgIpc) is 2.70. The summed E-state index contributed by atoms with van der Waals surface area (Å²) in [6.07, 6.45) is -0.848. The van der Waals surface area contributed by atoms with Crippen LogP contribution >= 0.6 is 0 Å². The maximum absolute atomic E-state index is 12.0. The fourth-order valence-corrected chi connectivity index (χ4v) is 1.56. The number of hydrogen-bond acceptors (Lipinski definition) is 5. The predicted octanol–water partition coefficient (Wildman–Crippen LogP) is 1.19.